The minimum atomic E-state index is -0.336. The van der Waals surface area contributed by atoms with E-state index < -0.39 is 0 Å². The van der Waals surface area contributed by atoms with Crippen LogP contribution in [0.5, 0.6) is 0 Å². The maximum absolute atomic E-state index is 13.3. The fourth-order valence-corrected chi connectivity index (χ4v) is 5.45. The lowest BCUT2D eigenvalue weighted by Gasteiger charge is -2.32. The van der Waals surface area contributed by atoms with Crippen LogP contribution < -0.4 is 10.6 Å². The Labute approximate surface area is 262 Å². The number of hydrogen-bond donors (Lipinski definition) is 2. The number of urea groups is 1. The van der Waals surface area contributed by atoms with Gasteiger partial charge in [0.15, 0.2) is 0 Å². The molecule has 1 fully saturated rings. The van der Waals surface area contributed by atoms with E-state index in [1.54, 1.807) is 10.7 Å². The van der Waals surface area contributed by atoms with Crippen molar-refractivity contribution in [1.29, 1.82) is 0 Å². The zero-order valence-corrected chi connectivity index (χ0v) is 26.3. The van der Waals surface area contributed by atoms with Gasteiger partial charge in [0.05, 0.1) is 22.0 Å². The summed E-state index contributed by atoms with van der Waals surface area (Å²) in [6, 6.07) is 19.1. The molecule has 1 saturated heterocycles. The highest BCUT2D eigenvalue weighted by Gasteiger charge is 2.26. The molecule has 43 heavy (non-hydrogen) atoms. The third-order valence-electron chi connectivity index (χ3n) is 7.72. The molecule has 0 spiro atoms. The number of aryl methyl sites for hydroxylation is 1. The normalized spacial score (nSPS) is 14.0. The van der Waals surface area contributed by atoms with Crippen molar-refractivity contribution in [3.05, 3.63) is 99.4 Å². The predicted octanol–water partition coefficient (Wildman–Crippen LogP) is 7.92. The molecule has 3 amide bonds. The molecule has 3 heterocycles. The van der Waals surface area contributed by atoms with Gasteiger partial charge in [0.2, 0.25) is 0 Å². The summed E-state index contributed by atoms with van der Waals surface area (Å²) in [5, 5.41) is 11.3. The number of anilines is 2. The third-order valence-corrected chi connectivity index (χ3v) is 8.40. The number of para-hydroxylation sites is 1. The Hall–Kier alpha value is -3.88. The number of aromatic nitrogens is 3. The van der Waals surface area contributed by atoms with Crippen molar-refractivity contribution in [3.63, 3.8) is 0 Å². The summed E-state index contributed by atoms with van der Waals surface area (Å²) in [6.07, 6.45) is 3.97. The Kier molecular flexibility index (Phi) is 9.08. The topological polar surface area (TPSA) is 92.2 Å². The van der Waals surface area contributed by atoms with E-state index in [1.165, 1.54) is 6.20 Å². The van der Waals surface area contributed by atoms with E-state index in [4.69, 9.17) is 28.3 Å². The van der Waals surface area contributed by atoms with Gasteiger partial charge in [-0.3, -0.25) is 10.1 Å². The summed E-state index contributed by atoms with van der Waals surface area (Å²) in [5.74, 6) is 0.875. The number of nitrogens with zero attached hydrogens (tertiary/aromatic N) is 4. The molecule has 1 aliphatic heterocycles. The van der Waals surface area contributed by atoms with Gasteiger partial charge >= 0.3 is 6.03 Å². The van der Waals surface area contributed by atoms with Gasteiger partial charge in [-0.25, -0.2) is 14.5 Å². The number of rotatable bonds is 6. The van der Waals surface area contributed by atoms with Crippen LogP contribution in [-0.4, -0.2) is 44.7 Å². The molecule has 2 N–H and O–H groups in total. The lowest BCUT2D eigenvalue weighted by Crippen LogP contribution is -2.39. The fraction of sp³-hybridized carbons (Fsp3) is 0.333. The maximum atomic E-state index is 13.3. The predicted molar refractivity (Wildman–Crippen MR) is 173 cm³/mol. The quantitative estimate of drug-likeness (QED) is 0.215. The number of hydrogen-bond acceptors (Lipinski definition) is 4. The van der Waals surface area contributed by atoms with Gasteiger partial charge < -0.3 is 10.2 Å². The number of carbonyl (C=O) groups excluding carboxylic acids is 2. The van der Waals surface area contributed by atoms with Crippen LogP contribution in [0.25, 0.3) is 5.69 Å². The van der Waals surface area contributed by atoms with Crippen molar-refractivity contribution in [1.82, 2.24) is 19.7 Å². The Balaban J connectivity index is 1.24. The smallest absolute Gasteiger partial charge is 0.324 e. The van der Waals surface area contributed by atoms with Crippen molar-refractivity contribution >= 4 is 46.6 Å². The average Bonchev–Trinajstić information content (AvgIpc) is 3.40. The first kappa shape index (κ1) is 30.6. The minimum Gasteiger partial charge on any atom is -0.339 e. The summed E-state index contributed by atoms with van der Waals surface area (Å²) in [6.45, 7) is 9.60. The molecule has 8 nitrogen and oxygen atoms in total. The first-order chi connectivity index (χ1) is 20.5. The third kappa shape index (κ3) is 7.37. The second-order valence-electron chi connectivity index (χ2n) is 12.1. The molecule has 2 aromatic carbocycles. The Morgan fingerprint density at radius 2 is 1.67 bits per heavy atom. The SMILES string of the molecule is Cc1ccc(-n2nc(C(C)(C)C)cc2NC(=O)Nc2ccccc2CC2CCN(C(=O)c3cnc(Cl)c(Cl)c3)CC2)cc1. The van der Waals surface area contributed by atoms with E-state index in [0.717, 1.165) is 47.5 Å². The summed E-state index contributed by atoms with van der Waals surface area (Å²) < 4.78 is 1.77. The van der Waals surface area contributed by atoms with Crippen molar-refractivity contribution in [3.8, 4) is 5.69 Å². The number of pyridine rings is 1. The van der Waals surface area contributed by atoms with Crippen LogP contribution in [0.3, 0.4) is 0 Å². The first-order valence-electron chi connectivity index (χ1n) is 14.4. The van der Waals surface area contributed by atoms with E-state index in [1.807, 2.05) is 66.4 Å². The molecule has 5 rings (SSSR count). The molecule has 10 heteroatoms. The molecule has 4 aromatic rings. The summed E-state index contributed by atoms with van der Waals surface area (Å²) in [7, 11) is 0. The maximum Gasteiger partial charge on any atom is 0.324 e. The Morgan fingerprint density at radius 1 is 0.977 bits per heavy atom. The first-order valence-corrected chi connectivity index (χ1v) is 15.2. The number of nitrogens with one attached hydrogen (secondary N) is 2. The minimum absolute atomic E-state index is 0.0947. The largest absolute Gasteiger partial charge is 0.339 e. The molecule has 0 unspecified atom stereocenters. The fourth-order valence-electron chi connectivity index (χ4n) is 5.18. The van der Waals surface area contributed by atoms with Crippen LogP contribution in [0.1, 0.15) is 60.8 Å². The van der Waals surface area contributed by atoms with Crippen LogP contribution in [0.2, 0.25) is 10.2 Å². The molecular weight excluding hydrogens is 583 g/mol. The molecule has 0 bridgehead atoms. The number of amides is 3. The molecular formula is C33H36Cl2N6O2. The lowest BCUT2D eigenvalue weighted by molar-refractivity contribution is 0.0690. The van der Waals surface area contributed by atoms with Crippen LogP contribution >= 0.6 is 23.2 Å². The number of halogens is 2. The van der Waals surface area contributed by atoms with E-state index in [2.05, 4.69) is 36.4 Å². The Morgan fingerprint density at radius 3 is 2.35 bits per heavy atom. The lowest BCUT2D eigenvalue weighted by atomic mass is 9.89. The van der Waals surface area contributed by atoms with Crippen LogP contribution in [-0.2, 0) is 11.8 Å². The van der Waals surface area contributed by atoms with Crippen LogP contribution in [0, 0.1) is 12.8 Å². The molecule has 2 aromatic heterocycles. The van der Waals surface area contributed by atoms with Gasteiger partial charge in [-0.2, -0.15) is 5.10 Å². The zero-order chi connectivity index (χ0) is 30.7. The average molecular weight is 620 g/mol. The van der Waals surface area contributed by atoms with Crippen molar-refractivity contribution in [2.45, 2.75) is 52.4 Å². The molecule has 0 atom stereocenters. The van der Waals surface area contributed by atoms with Gasteiger partial charge in [0.25, 0.3) is 5.91 Å². The molecule has 0 aliphatic carbocycles. The summed E-state index contributed by atoms with van der Waals surface area (Å²) >= 11 is 12.0. The van der Waals surface area contributed by atoms with Crippen molar-refractivity contribution < 1.29 is 9.59 Å². The van der Waals surface area contributed by atoms with Crippen molar-refractivity contribution in [2.75, 3.05) is 23.7 Å². The van der Waals surface area contributed by atoms with Gasteiger partial charge in [-0.15, -0.1) is 0 Å². The number of piperidine rings is 1. The second-order valence-corrected chi connectivity index (χ2v) is 12.8. The zero-order valence-electron chi connectivity index (χ0n) is 24.8. The summed E-state index contributed by atoms with van der Waals surface area (Å²) in [5.41, 5.74) is 4.97. The van der Waals surface area contributed by atoms with Gasteiger partial charge in [0.1, 0.15) is 11.0 Å². The highest BCUT2D eigenvalue weighted by molar-refractivity contribution is 6.41. The monoisotopic (exact) mass is 618 g/mol. The number of carbonyl (C=O) groups is 2. The number of benzene rings is 2. The highest BCUT2D eigenvalue weighted by Crippen LogP contribution is 2.29. The van der Waals surface area contributed by atoms with E-state index in [9.17, 15) is 9.59 Å². The molecule has 224 valence electrons. The van der Waals surface area contributed by atoms with Crippen molar-refractivity contribution in [2.24, 2.45) is 5.92 Å². The van der Waals surface area contributed by atoms with Gasteiger partial charge in [0, 0.05) is 36.5 Å². The van der Waals surface area contributed by atoms with E-state index in [0.29, 0.717) is 30.4 Å². The van der Waals surface area contributed by atoms with E-state index in [-0.39, 0.29) is 27.5 Å². The standard InChI is InChI=1S/C33H36Cl2N6O2/c1-21-9-11-25(12-10-21)41-29(19-28(39-41)33(2,3)4)38-32(43)37-27-8-6-5-7-23(27)17-22-13-15-40(16-14-22)31(42)24-18-26(34)30(35)36-20-24/h5-12,18-20,22H,13-17H2,1-4H3,(H2,37,38,43). The van der Waals surface area contributed by atoms with Gasteiger partial charge in [-0.1, -0.05) is 79.9 Å². The Bertz CT molecular complexity index is 1620. The van der Waals surface area contributed by atoms with E-state index >= 15 is 0 Å². The number of likely N-dealkylation sites (tertiary alicyclic amines) is 1. The summed E-state index contributed by atoms with van der Waals surface area (Å²) in [4.78, 5) is 32.1. The van der Waals surface area contributed by atoms with Gasteiger partial charge in [-0.05, 0) is 61.9 Å². The molecule has 0 saturated carbocycles. The van der Waals surface area contributed by atoms with Crippen LogP contribution in [0.4, 0.5) is 16.3 Å². The van der Waals surface area contributed by atoms with Crippen LogP contribution in [0.15, 0.2) is 66.9 Å². The molecule has 1 aliphatic rings. The highest BCUT2D eigenvalue weighted by atomic mass is 35.5. The second kappa shape index (κ2) is 12.8. The molecule has 0 radical (unpaired) electrons.